The van der Waals surface area contributed by atoms with Gasteiger partial charge in [0.2, 0.25) is 5.91 Å². The van der Waals surface area contributed by atoms with Gasteiger partial charge in [-0.25, -0.2) is 0 Å². The molecular formula is C19H24BrN3O2. The van der Waals surface area contributed by atoms with Crippen LogP contribution in [0.25, 0.3) is 0 Å². The third-order valence-electron chi connectivity index (χ3n) is 3.99. The topological polar surface area (TPSA) is 54.3 Å². The molecule has 0 radical (unpaired) electrons. The van der Waals surface area contributed by atoms with Gasteiger partial charge in [-0.1, -0.05) is 25.1 Å². The van der Waals surface area contributed by atoms with E-state index in [-0.39, 0.29) is 24.4 Å². The van der Waals surface area contributed by atoms with E-state index in [0.717, 1.165) is 22.1 Å². The van der Waals surface area contributed by atoms with Crippen LogP contribution in [-0.2, 0) is 11.2 Å². The number of nitrogens with zero attached hydrogens (tertiary/aromatic N) is 2. The number of benzene rings is 1. The quantitative estimate of drug-likeness (QED) is 0.785. The monoisotopic (exact) mass is 405 g/mol. The van der Waals surface area contributed by atoms with Gasteiger partial charge in [0, 0.05) is 29.4 Å². The molecule has 0 bridgehead atoms. The molecule has 0 fully saturated rings. The number of aromatic nitrogens is 1. The third-order valence-corrected chi connectivity index (χ3v) is 4.42. The number of aryl methyl sites for hydroxylation is 1. The first-order chi connectivity index (χ1) is 11.8. The zero-order valence-corrected chi connectivity index (χ0v) is 16.6. The highest BCUT2D eigenvalue weighted by Gasteiger charge is 2.20. The Morgan fingerprint density at radius 2 is 1.96 bits per heavy atom. The Balaban J connectivity index is 2.07. The van der Waals surface area contributed by atoms with Gasteiger partial charge in [0.1, 0.15) is 5.69 Å². The molecule has 134 valence electrons. The van der Waals surface area contributed by atoms with Crippen LogP contribution in [0.4, 0.5) is 5.69 Å². The van der Waals surface area contributed by atoms with Crippen LogP contribution in [0.2, 0.25) is 0 Å². The molecule has 0 saturated carbocycles. The average molecular weight is 406 g/mol. The van der Waals surface area contributed by atoms with Crippen LogP contribution in [0, 0.1) is 0 Å². The fourth-order valence-electron chi connectivity index (χ4n) is 2.67. The number of rotatable bonds is 6. The van der Waals surface area contributed by atoms with Crippen molar-refractivity contribution in [1.82, 2.24) is 9.47 Å². The molecule has 0 aliphatic rings. The summed E-state index contributed by atoms with van der Waals surface area (Å²) in [6, 6.07) is 9.63. The Hall–Kier alpha value is -2.08. The fraction of sp³-hybridized carbons (Fsp3) is 0.368. The molecule has 5 nitrogen and oxygen atoms in total. The second kappa shape index (κ2) is 8.34. The molecule has 1 aromatic carbocycles. The van der Waals surface area contributed by atoms with Crippen molar-refractivity contribution >= 4 is 33.4 Å². The maximum atomic E-state index is 12.7. The second-order valence-corrected chi connectivity index (χ2v) is 7.18. The molecule has 25 heavy (non-hydrogen) atoms. The van der Waals surface area contributed by atoms with Gasteiger partial charge in [0.15, 0.2) is 0 Å². The summed E-state index contributed by atoms with van der Waals surface area (Å²) in [5.74, 6) is -0.392. The van der Waals surface area contributed by atoms with Crippen molar-refractivity contribution in [2.75, 3.05) is 18.9 Å². The van der Waals surface area contributed by atoms with E-state index in [0.29, 0.717) is 5.69 Å². The zero-order valence-electron chi connectivity index (χ0n) is 15.0. The number of hydrogen-bond donors (Lipinski definition) is 1. The molecule has 6 heteroatoms. The molecule has 1 heterocycles. The minimum Gasteiger partial charge on any atom is -0.340 e. The largest absolute Gasteiger partial charge is 0.340 e. The fourth-order valence-corrected chi connectivity index (χ4v) is 3.10. The second-order valence-electron chi connectivity index (χ2n) is 6.26. The van der Waals surface area contributed by atoms with Gasteiger partial charge in [-0.3, -0.25) is 9.59 Å². The van der Waals surface area contributed by atoms with Crippen LogP contribution in [0.5, 0.6) is 0 Å². The first-order valence-electron chi connectivity index (χ1n) is 8.34. The van der Waals surface area contributed by atoms with Crippen LogP contribution < -0.4 is 5.32 Å². The molecule has 1 N–H and O–H groups in total. The van der Waals surface area contributed by atoms with Gasteiger partial charge in [-0.2, -0.15) is 0 Å². The van der Waals surface area contributed by atoms with Crippen LogP contribution in [0.1, 0.15) is 42.9 Å². The van der Waals surface area contributed by atoms with Crippen LogP contribution in [-0.4, -0.2) is 34.9 Å². The van der Waals surface area contributed by atoms with Crippen molar-refractivity contribution in [2.24, 2.45) is 0 Å². The molecule has 0 aliphatic carbocycles. The van der Waals surface area contributed by atoms with Gasteiger partial charge >= 0.3 is 0 Å². The lowest BCUT2D eigenvalue weighted by Gasteiger charge is -2.20. The first-order valence-corrected chi connectivity index (χ1v) is 9.13. The highest BCUT2D eigenvalue weighted by atomic mass is 79.9. The minimum atomic E-state index is -0.210. The van der Waals surface area contributed by atoms with Crippen LogP contribution in [0.3, 0.4) is 0 Å². The zero-order chi connectivity index (χ0) is 18.6. The predicted molar refractivity (Wildman–Crippen MR) is 104 cm³/mol. The predicted octanol–water partition coefficient (Wildman–Crippen LogP) is 4.10. The molecule has 0 spiro atoms. The van der Waals surface area contributed by atoms with Crippen molar-refractivity contribution in [2.45, 2.75) is 33.2 Å². The van der Waals surface area contributed by atoms with Crippen molar-refractivity contribution in [3.8, 4) is 0 Å². The number of carbonyl (C=O) groups excluding carboxylic acids is 2. The standard InChI is InChI=1S/C19H24BrN3O2/c1-5-14-8-6-7-9-16(14)21-18(24)12-22(4)19(25)17-10-15(20)11-23(17)13(2)3/h6-11,13H,5,12H2,1-4H3,(H,21,24). The molecule has 0 unspecified atom stereocenters. The minimum absolute atomic E-state index is 0.00221. The molecule has 2 amide bonds. The molecule has 0 aliphatic heterocycles. The summed E-state index contributed by atoms with van der Waals surface area (Å²) in [5, 5.41) is 2.89. The lowest BCUT2D eigenvalue weighted by molar-refractivity contribution is -0.116. The number of carbonyl (C=O) groups is 2. The van der Waals surface area contributed by atoms with Crippen molar-refractivity contribution < 1.29 is 9.59 Å². The molecule has 0 saturated heterocycles. The number of para-hydroxylation sites is 1. The van der Waals surface area contributed by atoms with E-state index in [4.69, 9.17) is 0 Å². The lowest BCUT2D eigenvalue weighted by atomic mass is 10.1. The molecular weight excluding hydrogens is 382 g/mol. The van der Waals surface area contributed by atoms with Gasteiger partial charge < -0.3 is 14.8 Å². The van der Waals surface area contributed by atoms with Crippen LogP contribution >= 0.6 is 15.9 Å². The number of halogens is 1. The van der Waals surface area contributed by atoms with Crippen molar-refractivity contribution in [1.29, 1.82) is 0 Å². The van der Waals surface area contributed by atoms with Gasteiger partial charge in [-0.15, -0.1) is 0 Å². The summed E-state index contributed by atoms with van der Waals surface area (Å²) in [5.41, 5.74) is 2.43. The summed E-state index contributed by atoms with van der Waals surface area (Å²) in [6.45, 7) is 6.06. The maximum absolute atomic E-state index is 12.7. The number of hydrogen-bond acceptors (Lipinski definition) is 2. The van der Waals surface area contributed by atoms with Gasteiger partial charge in [0.25, 0.3) is 5.91 Å². The van der Waals surface area contributed by atoms with Crippen molar-refractivity contribution in [3.63, 3.8) is 0 Å². The van der Waals surface area contributed by atoms with Crippen molar-refractivity contribution in [3.05, 3.63) is 52.3 Å². The highest BCUT2D eigenvalue weighted by Crippen LogP contribution is 2.21. The Morgan fingerprint density at radius 1 is 1.28 bits per heavy atom. The summed E-state index contributed by atoms with van der Waals surface area (Å²) in [7, 11) is 1.64. The van der Waals surface area contributed by atoms with E-state index in [9.17, 15) is 9.59 Å². The molecule has 0 atom stereocenters. The molecule has 2 aromatic rings. The van der Waals surface area contributed by atoms with E-state index in [1.54, 1.807) is 13.1 Å². The maximum Gasteiger partial charge on any atom is 0.270 e. The van der Waals surface area contributed by atoms with E-state index in [2.05, 4.69) is 21.2 Å². The number of anilines is 1. The van der Waals surface area contributed by atoms with E-state index < -0.39 is 0 Å². The van der Waals surface area contributed by atoms with E-state index >= 15 is 0 Å². The van der Waals surface area contributed by atoms with E-state index in [1.807, 2.05) is 55.8 Å². The normalized spacial score (nSPS) is 10.8. The Morgan fingerprint density at radius 3 is 2.60 bits per heavy atom. The number of nitrogens with one attached hydrogen (secondary N) is 1. The summed E-state index contributed by atoms with van der Waals surface area (Å²) < 4.78 is 2.74. The Bertz CT molecular complexity index is 768. The van der Waals surface area contributed by atoms with E-state index in [1.165, 1.54) is 4.90 Å². The van der Waals surface area contributed by atoms with Crippen LogP contribution in [0.15, 0.2) is 41.0 Å². The molecule has 2 rings (SSSR count). The highest BCUT2D eigenvalue weighted by molar-refractivity contribution is 9.10. The SMILES string of the molecule is CCc1ccccc1NC(=O)CN(C)C(=O)c1cc(Br)cn1C(C)C. The Labute approximate surface area is 157 Å². The summed E-state index contributed by atoms with van der Waals surface area (Å²) in [4.78, 5) is 26.5. The summed E-state index contributed by atoms with van der Waals surface area (Å²) >= 11 is 3.41. The Kier molecular flexibility index (Phi) is 6.42. The smallest absolute Gasteiger partial charge is 0.270 e. The first kappa shape index (κ1) is 19.2. The average Bonchev–Trinajstić information content (AvgIpc) is 2.96. The number of likely N-dealkylation sites (N-methyl/N-ethyl adjacent to an activating group) is 1. The third kappa shape index (κ3) is 4.72. The molecule has 1 aromatic heterocycles. The number of amides is 2. The van der Waals surface area contributed by atoms with Gasteiger partial charge in [0.05, 0.1) is 6.54 Å². The lowest BCUT2D eigenvalue weighted by Crippen LogP contribution is -2.36. The summed E-state index contributed by atoms with van der Waals surface area (Å²) in [6.07, 6.45) is 2.71. The van der Waals surface area contributed by atoms with Gasteiger partial charge in [-0.05, 0) is 53.9 Å².